The highest BCUT2D eigenvalue weighted by Gasteiger charge is 2.32. The molecule has 0 saturated carbocycles. The Morgan fingerprint density at radius 1 is 1.38 bits per heavy atom. The smallest absolute Gasteiger partial charge is 0.309 e. The van der Waals surface area contributed by atoms with Crippen molar-refractivity contribution >= 4 is 29.2 Å². The first-order valence-electron chi connectivity index (χ1n) is 5.07. The van der Waals surface area contributed by atoms with Crippen molar-refractivity contribution in [1.29, 1.82) is 0 Å². The third kappa shape index (κ3) is 2.69. The molecule has 0 saturated heterocycles. The zero-order chi connectivity index (χ0) is 12.3. The average Bonchev–Trinajstić information content (AvgIpc) is 2.23. The summed E-state index contributed by atoms with van der Waals surface area (Å²) in [6.07, 6.45) is 0.876. The van der Waals surface area contributed by atoms with Gasteiger partial charge in [0, 0.05) is 10.0 Å². The number of halogens is 2. The number of carbonyl (C=O) groups is 1. The van der Waals surface area contributed by atoms with E-state index < -0.39 is 11.4 Å². The number of benzene rings is 1. The molecule has 0 heterocycles. The highest BCUT2D eigenvalue weighted by atomic mass is 35.5. The second-order valence-corrected chi connectivity index (χ2v) is 4.91. The van der Waals surface area contributed by atoms with Gasteiger partial charge in [-0.1, -0.05) is 36.2 Å². The maximum atomic E-state index is 11.2. The minimum absolute atomic E-state index is 0.345. The van der Waals surface area contributed by atoms with Crippen LogP contribution in [-0.4, -0.2) is 11.1 Å². The Bertz CT molecular complexity index is 384. The molecular formula is C12H14Cl2O2. The molecule has 1 aromatic carbocycles. The van der Waals surface area contributed by atoms with Gasteiger partial charge in [0.1, 0.15) is 0 Å². The van der Waals surface area contributed by atoms with E-state index in [1.54, 1.807) is 25.1 Å². The first kappa shape index (κ1) is 13.3. The van der Waals surface area contributed by atoms with Gasteiger partial charge in [-0.15, -0.1) is 0 Å². The number of carboxylic acids is 1. The van der Waals surface area contributed by atoms with Crippen LogP contribution in [0.1, 0.15) is 25.8 Å². The van der Waals surface area contributed by atoms with E-state index in [9.17, 15) is 9.90 Å². The number of hydrogen-bond acceptors (Lipinski definition) is 1. The van der Waals surface area contributed by atoms with Crippen LogP contribution in [-0.2, 0) is 11.2 Å². The fourth-order valence-electron chi connectivity index (χ4n) is 1.44. The average molecular weight is 261 g/mol. The summed E-state index contributed by atoms with van der Waals surface area (Å²) < 4.78 is 0. The van der Waals surface area contributed by atoms with Crippen LogP contribution in [0.2, 0.25) is 10.0 Å². The summed E-state index contributed by atoms with van der Waals surface area (Å²) in [5.41, 5.74) is -0.119. The van der Waals surface area contributed by atoms with E-state index in [1.165, 1.54) is 0 Å². The van der Waals surface area contributed by atoms with Crippen molar-refractivity contribution in [3.8, 4) is 0 Å². The van der Waals surface area contributed by atoms with Crippen molar-refractivity contribution in [3.63, 3.8) is 0 Å². The molecular weight excluding hydrogens is 247 g/mol. The van der Waals surface area contributed by atoms with E-state index in [0.29, 0.717) is 28.5 Å². The van der Waals surface area contributed by atoms with Crippen LogP contribution in [0.15, 0.2) is 18.2 Å². The molecule has 4 heteroatoms. The second-order valence-electron chi connectivity index (χ2n) is 4.10. The van der Waals surface area contributed by atoms with E-state index >= 15 is 0 Å². The number of carboxylic acid groups (broad SMARTS) is 1. The Hall–Kier alpha value is -0.730. The summed E-state index contributed by atoms with van der Waals surface area (Å²) in [4.78, 5) is 11.2. The third-order valence-corrected chi connectivity index (χ3v) is 3.63. The van der Waals surface area contributed by atoms with Crippen LogP contribution in [0.3, 0.4) is 0 Å². The lowest BCUT2D eigenvalue weighted by molar-refractivity contribution is -0.148. The van der Waals surface area contributed by atoms with E-state index in [-0.39, 0.29) is 0 Å². The molecule has 1 aromatic rings. The van der Waals surface area contributed by atoms with E-state index in [4.69, 9.17) is 23.2 Å². The first-order valence-corrected chi connectivity index (χ1v) is 5.82. The summed E-state index contributed by atoms with van der Waals surface area (Å²) in [5, 5.41) is 10.2. The van der Waals surface area contributed by atoms with E-state index in [2.05, 4.69) is 0 Å². The van der Waals surface area contributed by atoms with Gasteiger partial charge in [-0.2, -0.15) is 0 Å². The molecule has 0 bridgehead atoms. The monoisotopic (exact) mass is 260 g/mol. The van der Waals surface area contributed by atoms with E-state index in [1.807, 2.05) is 6.92 Å². The number of hydrogen-bond donors (Lipinski definition) is 1. The summed E-state index contributed by atoms with van der Waals surface area (Å²) >= 11 is 12.0. The summed E-state index contributed by atoms with van der Waals surface area (Å²) in [6.45, 7) is 3.55. The van der Waals surface area contributed by atoms with Crippen molar-refractivity contribution in [3.05, 3.63) is 33.8 Å². The molecule has 0 radical (unpaired) electrons. The maximum absolute atomic E-state index is 11.2. The van der Waals surface area contributed by atoms with Gasteiger partial charge in [0.05, 0.1) is 5.41 Å². The summed E-state index contributed by atoms with van der Waals surface area (Å²) in [6, 6.07) is 5.19. The lowest BCUT2D eigenvalue weighted by atomic mass is 9.81. The SMILES string of the molecule is CCC(C)(Cc1c(Cl)cccc1Cl)C(=O)O. The van der Waals surface area contributed by atoms with Gasteiger partial charge in [0.15, 0.2) is 0 Å². The highest BCUT2D eigenvalue weighted by molar-refractivity contribution is 6.36. The lowest BCUT2D eigenvalue weighted by Crippen LogP contribution is -2.29. The zero-order valence-corrected chi connectivity index (χ0v) is 10.8. The van der Waals surface area contributed by atoms with Crippen molar-refractivity contribution in [2.45, 2.75) is 26.7 Å². The quantitative estimate of drug-likeness (QED) is 0.888. The standard InChI is InChI=1S/C12H14Cl2O2/c1-3-12(2,11(15)16)7-8-9(13)5-4-6-10(8)14/h4-6H,3,7H2,1-2H3,(H,15,16). The number of aliphatic carboxylic acids is 1. The van der Waals surface area contributed by atoms with Gasteiger partial charge < -0.3 is 5.11 Å². The van der Waals surface area contributed by atoms with Crippen molar-refractivity contribution in [2.24, 2.45) is 5.41 Å². The third-order valence-electron chi connectivity index (χ3n) is 2.93. The second kappa shape index (κ2) is 5.07. The first-order chi connectivity index (χ1) is 7.40. The van der Waals surface area contributed by atoms with E-state index in [0.717, 1.165) is 0 Å². The Morgan fingerprint density at radius 3 is 2.25 bits per heavy atom. The number of rotatable bonds is 4. The van der Waals surface area contributed by atoms with Crippen LogP contribution < -0.4 is 0 Å². The Kier molecular flexibility index (Phi) is 4.22. The van der Waals surface area contributed by atoms with Crippen LogP contribution in [0.4, 0.5) is 0 Å². The topological polar surface area (TPSA) is 37.3 Å². The van der Waals surface area contributed by atoms with Gasteiger partial charge in [-0.25, -0.2) is 0 Å². The van der Waals surface area contributed by atoms with Crippen LogP contribution in [0.25, 0.3) is 0 Å². The van der Waals surface area contributed by atoms with Crippen LogP contribution in [0, 0.1) is 5.41 Å². The zero-order valence-electron chi connectivity index (χ0n) is 9.26. The molecule has 0 aromatic heterocycles. The molecule has 0 aliphatic carbocycles. The van der Waals surface area contributed by atoms with Crippen molar-refractivity contribution < 1.29 is 9.90 Å². The molecule has 1 rings (SSSR count). The lowest BCUT2D eigenvalue weighted by Gasteiger charge is -2.24. The minimum Gasteiger partial charge on any atom is -0.481 e. The van der Waals surface area contributed by atoms with Gasteiger partial charge in [0.25, 0.3) is 0 Å². The molecule has 0 aliphatic heterocycles. The van der Waals surface area contributed by atoms with Gasteiger partial charge in [-0.3, -0.25) is 4.79 Å². The van der Waals surface area contributed by atoms with Crippen LogP contribution in [0.5, 0.6) is 0 Å². The summed E-state index contributed by atoms with van der Waals surface area (Å²) in [5.74, 6) is -0.828. The summed E-state index contributed by atoms with van der Waals surface area (Å²) in [7, 11) is 0. The van der Waals surface area contributed by atoms with Crippen LogP contribution >= 0.6 is 23.2 Å². The van der Waals surface area contributed by atoms with Gasteiger partial charge in [0.2, 0.25) is 0 Å². The predicted molar refractivity (Wildman–Crippen MR) is 66.2 cm³/mol. The molecule has 2 nitrogen and oxygen atoms in total. The normalized spacial score (nSPS) is 14.5. The largest absolute Gasteiger partial charge is 0.481 e. The van der Waals surface area contributed by atoms with Gasteiger partial charge >= 0.3 is 5.97 Å². The molecule has 0 amide bonds. The Balaban J connectivity index is 3.08. The molecule has 0 aliphatic rings. The molecule has 88 valence electrons. The highest BCUT2D eigenvalue weighted by Crippen LogP contribution is 2.33. The fraction of sp³-hybridized carbons (Fsp3) is 0.417. The maximum Gasteiger partial charge on any atom is 0.309 e. The van der Waals surface area contributed by atoms with Gasteiger partial charge in [-0.05, 0) is 37.5 Å². The van der Waals surface area contributed by atoms with Crippen molar-refractivity contribution in [1.82, 2.24) is 0 Å². The predicted octanol–water partition coefficient (Wildman–Crippen LogP) is 4.04. The molecule has 1 atom stereocenters. The molecule has 1 unspecified atom stereocenters. The minimum atomic E-state index is -0.828. The Labute approximate surface area is 105 Å². The Morgan fingerprint density at radius 2 is 1.88 bits per heavy atom. The molecule has 0 spiro atoms. The molecule has 1 N–H and O–H groups in total. The van der Waals surface area contributed by atoms with Crippen molar-refractivity contribution in [2.75, 3.05) is 0 Å². The molecule has 0 fully saturated rings. The molecule has 16 heavy (non-hydrogen) atoms. The fourth-order valence-corrected chi connectivity index (χ4v) is 1.97.